The summed E-state index contributed by atoms with van der Waals surface area (Å²) in [6.45, 7) is 9.61. The summed E-state index contributed by atoms with van der Waals surface area (Å²) in [5.74, 6) is -1.95. The third kappa shape index (κ3) is 25.2. The number of unbranched alkanes of at least 4 members (excludes halogenated alkanes) is 5. The van der Waals surface area contributed by atoms with E-state index in [2.05, 4.69) is 22.8 Å². The molecule has 1 aromatic rings. The molecule has 0 unspecified atom stereocenters. The molecule has 6 nitrogen and oxygen atoms in total. The Kier molecular flexibility index (Phi) is 28.7. The van der Waals surface area contributed by atoms with Crippen LogP contribution < -0.4 is 4.74 Å². The fourth-order valence-corrected chi connectivity index (χ4v) is 1.61. The second-order valence-corrected chi connectivity index (χ2v) is 6.39. The monoisotopic (exact) mass is 457 g/mol. The van der Waals surface area contributed by atoms with Gasteiger partial charge in [-0.3, -0.25) is 14.9 Å². The summed E-state index contributed by atoms with van der Waals surface area (Å²) in [7, 11) is 0. The number of hydrogen-bond donors (Lipinski definition) is 2. The first kappa shape index (κ1) is 32.9. The maximum atomic E-state index is 13.1. The predicted molar refractivity (Wildman–Crippen MR) is 102 cm³/mol. The van der Waals surface area contributed by atoms with E-state index in [1.54, 1.807) is 27.7 Å². The van der Waals surface area contributed by atoms with Crippen molar-refractivity contribution in [1.82, 2.24) is 0 Å². The Hall–Kier alpha value is -0.766. The Bertz CT molecular complexity index is 457. The standard InChI is InChI=1S/C14H19F2O.2C3H8O2.O.Ti/c1-2-3-4-5-6-7-11-17-13-10-8-9-12(15)14(13)16;2*1-3(2)5-4;;/h8,10H,2-7,11H2,1H3;2*3-4H,1-2H3;;/q-1;;;;+1. The third-order valence-corrected chi connectivity index (χ3v) is 3.03. The van der Waals surface area contributed by atoms with E-state index in [9.17, 15) is 8.78 Å². The first-order chi connectivity index (χ1) is 13.8. The average molecular weight is 457 g/mol. The minimum atomic E-state index is -0.981. The van der Waals surface area contributed by atoms with Gasteiger partial charge in [-0.1, -0.05) is 39.0 Å². The van der Waals surface area contributed by atoms with E-state index in [0.29, 0.717) is 6.61 Å². The Balaban J connectivity index is -0.000000465. The van der Waals surface area contributed by atoms with Crippen LogP contribution >= 0.6 is 0 Å². The Morgan fingerprint density at radius 1 is 0.966 bits per heavy atom. The van der Waals surface area contributed by atoms with E-state index in [1.807, 2.05) is 0 Å². The quantitative estimate of drug-likeness (QED) is 0.144. The maximum absolute atomic E-state index is 13.1. The van der Waals surface area contributed by atoms with Gasteiger partial charge < -0.3 is 4.74 Å². The first-order valence-electron chi connectivity index (χ1n) is 9.59. The molecular formula is C20H35F2O6Ti. The van der Waals surface area contributed by atoms with E-state index in [0.717, 1.165) is 33.2 Å². The van der Waals surface area contributed by atoms with Crippen LogP contribution in [0, 0.1) is 17.7 Å². The third-order valence-electron chi connectivity index (χ3n) is 3.03. The van der Waals surface area contributed by atoms with Crippen molar-refractivity contribution in [2.24, 2.45) is 0 Å². The van der Waals surface area contributed by atoms with Crippen molar-refractivity contribution in [3.63, 3.8) is 0 Å². The molecule has 2 N–H and O–H groups in total. The molecule has 0 bridgehead atoms. The molecule has 0 radical (unpaired) electrons. The van der Waals surface area contributed by atoms with Crippen LogP contribution in [0.25, 0.3) is 0 Å². The fourth-order valence-electron chi connectivity index (χ4n) is 1.61. The van der Waals surface area contributed by atoms with Crippen LogP contribution in [0.4, 0.5) is 8.78 Å². The molecule has 0 saturated heterocycles. The molecule has 0 aromatic heterocycles. The van der Waals surface area contributed by atoms with Gasteiger partial charge in [-0.25, -0.2) is 14.2 Å². The minimum absolute atomic E-state index is 0.0187. The van der Waals surface area contributed by atoms with Gasteiger partial charge in [-0.15, -0.1) is 12.1 Å². The van der Waals surface area contributed by atoms with Gasteiger partial charge in [0.05, 0.1) is 24.6 Å². The molecule has 169 valence electrons. The van der Waals surface area contributed by atoms with E-state index in [1.165, 1.54) is 37.8 Å². The van der Waals surface area contributed by atoms with Crippen LogP contribution in [0.15, 0.2) is 12.1 Å². The Labute approximate surface area is 185 Å². The zero-order chi connectivity index (χ0) is 23.1. The summed E-state index contributed by atoms with van der Waals surface area (Å²) in [4.78, 5) is 7.50. The van der Waals surface area contributed by atoms with Gasteiger partial charge in [0.2, 0.25) is 0 Å². The number of ether oxygens (including phenoxy) is 1. The number of halogens is 2. The van der Waals surface area contributed by atoms with Gasteiger partial charge in [0.1, 0.15) is 0 Å². The van der Waals surface area contributed by atoms with E-state index in [4.69, 9.17) is 18.6 Å². The number of hydrogen-bond acceptors (Lipinski definition) is 6. The fraction of sp³-hybridized carbons (Fsp3) is 0.700. The Morgan fingerprint density at radius 2 is 1.41 bits per heavy atom. The second kappa shape index (κ2) is 25.3. The van der Waals surface area contributed by atoms with Crippen molar-refractivity contribution in [3.05, 3.63) is 29.8 Å². The summed E-state index contributed by atoms with van der Waals surface area (Å²) in [5, 5.41) is 15.3. The number of rotatable bonds is 10. The molecular weight excluding hydrogens is 422 g/mol. The van der Waals surface area contributed by atoms with Gasteiger partial charge in [0, 0.05) is 11.6 Å². The predicted octanol–water partition coefficient (Wildman–Crippen LogP) is 6.15. The average Bonchev–Trinajstić information content (AvgIpc) is 2.72. The molecule has 0 aliphatic heterocycles. The van der Waals surface area contributed by atoms with Crippen molar-refractivity contribution in [1.29, 1.82) is 0 Å². The van der Waals surface area contributed by atoms with Gasteiger partial charge >= 0.3 is 23.7 Å². The summed E-state index contributed by atoms with van der Waals surface area (Å²) in [5.41, 5.74) is 0. The molecule has 0 aliphatic rings. The second-order valence-electron chi connectivity index (χ2n) is 6.39. The normalized spacial score (nSPS) is 9.69. The van der Waals surface area contributed by atoms with Gasteiger partial charge in [-0.05, 0) is 34.1 Å². The molecule has 0 heterocycles. The topological polar surface area (TPSA) is 85.2 Å². The Morgan fingerprint density at radius 3 is 1.86 bits per heavy atom. The molecule has 0 fully saturated rings. The zero-order valence-electron chi connectivity index (χ0n) is 18.0. The van der Waals surface area contributed by atoms with Crippen LogP contribution in [0.5, 0.6) is 5.75 Å². The summed E-state index contributed by atoms with van der Waals surface area (Å²) >= 11 is 0.750. The van der Waals surface area contributed by atoms with Crippen molar-refractivity contribution in [2.45, 2.75) is 85.4 Å². The van der Waals surface area contributed by atoms with Crippen molar-refractivity contribution in [3.8, 4) is 5.75 Å². The van der Waals surface area contributed by atoms with Crippen molar-refractivity contribution < 1.29 is 57.5 Å². The van der Waals surface area contributed by atoms with Crippen LogP contribution in [0.2, 0.25) is 0 Å². The molecule has 1 rings (SSSR count). The first-order valence-corrected chi connectivity index (χ1v) is 10.2. The van der Waals surface area contributed by atoms with Gasteiger partial charge in [0.15, 0.2) is 0 Å². The van der Waals surface area contributed by atoms with Crippen molar-refractivity contribution in [2.75, 3.05) is 6.61 Å². The van der Waals surface area contributed by atoms with Gasteiger partial charge in [0.25, 0.3) is 0 Å². The van der Waals surface area contributed by atoms with Crippen LogP contribution in [-0.2, 0) is 33.5 Å². The molecule has 0 atom stereocenters. The van der Waals surface area contributed by atoms with E-state index in [-0.39, 0.29) is 18.0 Å². The van der Waals surface area contributed by atoms with Crippen molar-refractivity contribution >= 4 is 0 Å². The molecule has 0 spiro atoms. The SMILES string of the molecule is CC(C)OO.CC(C)OO.CCCCCCCCOc1cc[c-]c(F)c1F.[O]=[Ti+]. The van der Waals surface area contributed by atoms with E-state index >= 15 is 0 Å². The molecule has 0 aliphatic carbocycles. The number of benzene rings is 1. The van der Waals surface area contributed by atoms with Gasteiger partial charge in [-0.2, -0.15) is 6.07 Å². The molecule has 0 saturated carbocycles. The molecule has 9 heteroatoms. The van der Waals surface area contributed by atoms with E-state index < -0.39 is 11.6 Å². The molecule has 0 amide bonds. The van der Waals surface area contributed by atoms with Crippen LogP contribution in [-0.4, -0.2) is 29.3 Å². The summed E-state index contributed by atoms with van der Waals surface area (Å²) in [6.07, 6.45) is 6.73. The molecule has 29 heavy (non-hydrogen) atoms. The summed E-state index contributed by atoms with van der Waals surface area (Å²) in [6, 6.07) is 4.87. The van der Waals surface area contributed by atoms with Crippen LogP contribution in [0.1, 0.15) is 73.1 Å². The summed E-state index contributed by atoms with van der Waals surface area (Å²) < 4.78 is 39.4. The molecule has 1 aromatic carbocycles. The van der Waals surface area contributed by atoms with Crippen LogP contribution in [0.3, 0.4) is 0 Å². The zero-order valence-corrected chi connectivity index (χ0v) is 19.6.